The lowest BCUT2D eigenvalue weighted by Crippen LogP contribution is -2.67. The summed E-state index contributed by atoms with van der Waals surface area (Å²) in [7, 11) is 1.10. The van der Waals surface area contributed by atoms with Gasteiger partial charge in [-0.2, -0.15) is 0 Å². The molecule has 0 bridgehead atoms. The van der Waals surface area contributed by atoms with Gasteiger partial charge in [0.15, 0.2) is 6.10 Å². The molecule has 0 spiro atoms. The van der Waals surface area contributed by atoms with Crippen molar-refractivity contribution in [3.8, 4) is 5.88 Å². The number of rotatable bonds is 8. The highest BCUT2D eigenvalue weighted by molar-refractivity contribution is 5.59. The van der Waals surface area contributed by atoms with Crippen molar-refractivity contribution in [2.24, 2.45) is 0 Å². The van der Waals surface area contributed by atoms with Crippen LogP contribution in [-0.2, 0) is 27.1 Å². The molecule has 35 heavy (non-hydrogen) atoms. The molecule has 0 unspecified atom stereocenters. The standard InChI is InChI=1S/C24H34N2O9/c1-6-15-7-9-16(10-8-15)11-17-14(4)26(13(2)3)25-22(17)35-24(31)21(29)20(28)19(27)18(34-24)12-33-23(30)32-5/h7-10,13,18-21,27-29,31H,6,11-12H2,1-5H3/t18-,19-,20+,21-,24+/m1/s1. The minimum atomic E-state index is -2.79. The van der Waals surface area contributed by atoms with E-state index >= 15 is 0 Å². The predicted octanol–water partition coefficient (Wildman–Crippen LogP) is 1.22. The molecule has 4 N–H and O–H groups in total. The van der Waals surface area contributed by atoms with Crippen molar-refractivity contribution in [2.75, 3.05) is 13.7 Å². The van der Waals surface area contributed by atoms with Gasteiger partial charge in [0.2, 0.25) is 5.88 Å². The molecule has 0 aliphatic carbocycles. The number of aryl methyl sites for hydroxylation is 1. The maximum atomic E-state index is 11.3. The zero-order valence-corrected chi connectivity index (χ0v) is 20.5. The third kappa shape index (κ3) is 5.76. The number of aromatic nitrogens is 2. The summed E-state index contributed by atoms with van der Waals surface area (Å²) in [6.45, 7) is 7.24. The first-order valence-corrected chi connectivity index (χ1v) is 11.5. The lowest BCUT2D eigenvalue weighted by atomic mass is 9.97. The summed E-state index contributed by atoms with van der Waals surface area (Å²) in [5.41, 5.74) is 3.61. The van der Waals surface area contributed by atoms with Crippen molar-refractivity contribution >= 4 is 6.16 Å². The molecule has 1 aliphatic rings. The summed E-state index contributed by atoms with van der Waals surface area (Å²) in [4.78, 5) is 11.3. The monoisotopic (exact) mass is 494 g/mol. The second kappa shape index (κ2) is 10.9. The third-order valence-electron chi connectivity index (χ3n) is 6.06. The average molecular weight is 495 g/mol. The predicted molar refractivity (Wildman–Crippen MR) is 123 cm³/mol. The Labute approximate surface area is 203 Å². The molecule has 1 fully saturated rings. The fourth-order valence-electron chi connectivity index (χ4n) is 3.95. The first-order chi connectivity index (χ1) is 16.5. The molecule has 5 atom stereocenters. The summed E-state index contributed by atoms with van der Waals surface area (Å²) in [5.74, 6) is -2.79. The molecule has 2 aromatic rings. The van der Waals surface area contributed by atoms with Gasteiger partial charge in [0, 0.05) is 23.7 Å². The van der Waals surface area contributed by atoms with E-state index in [0.29, 0.717) is 12.0 Å². The lowest BCUT2D eigenvalue weighted by Gasteiger charge is -2.44. The largest absolute Gasteiger partial charge is 0.508 e. The Morgan fingerprint density at radius 2 is 1.80 bits per heavy atom. The molecular weight excluding hydrogens is 460 g/mol. The van der Waals surface area contributed by atoms with Crippen LogP contribution >= 0.6 is 0 Å². The van der Waals surface area contributed by atoms with Gasteiger partial charge in [-0.1, -0.05) is 31.2 Å². The maximum Gasteiger partial charge on any atom is 0.508 e. The Kier molecular flexibility index (Phi) is 8.39. The highest BCUT2D eigenvalue weighted by atomic mass is 16.8. The normalized spacial score (nSPS) is 26.6. The van der Waals surface area contributed by atoms with E-state index in [1.54, 1.807) is 4.68 Å². The Bertz CT molecular complexity index is 1010. The molecule has 194 valence electrons. The van der Waals surface area contributed by atoms with Crippen LogP contribution in [0.5, 0.6) is 5.88 Å². The molecule has 0 radical (unpaired) electrons. The van der Waals surface area contributed by atoms with Gasteiger partial charge in [0.1, 0.15) is 24.9 Å². The Morgan fingerprint density at radius 1 is 1.17 bits per heavy atom. The Balaban J connectivity index is 1.92. The minimum Gasteiger partial charge on any atom is -0.438 e. The van der Waals surface area contributed by atoms with Crippen LogP contribution < -0.4 is 4.74 Å². The van der Waals surface area contributed by atoms with Crippen LogP contribution in [0.3, 0.4) is 0 Å². The van der Waals surface area contributed by atoms with Gasteiger partial charge in [-0.25, -0.2) is 4.79 Å². The van der Waals surface area contributed by atoms with Crippen LogP contribution in [0.1, 0.15) is 49.2 Å². The number of ether oxygens (including phenoxy) is 4. The highest BCUT2D eigenvalue weighted by Gasteiger charge is 2.56. The van der Waals surface area contributed by atoms with Crippen molar-refractivity contribution in [3.05, 3.63) is 46.6 Å². The van der Waals surface area contributed by atoms with Gasteiger partial charge in [-0.05, 0) is 38.3 Å². The average Bonchev–Trinajstić information content (AvgIpc) is 3.14. The van der Waals surface area contributed by atoms with E-state index in [2.05, 4.69) is 16.8 Å². The molecule has 1 saturated heterocycles. The van der Waals surface area contributed by atoms with Gasteiger partial charge >= 0.3 is 12.1 Å². The molecule has 11 heteroatoms. The lowest BCUT2D eigenvalue weighted by molar-refractivity contribution is -0.423. The van der Waals surface area contributed by atoms with Crippen molar-refractivity contribution in [3.63, 3.8) is 0 Å². The molecule has 11 nitrogen and oxygen atoms in total. The highest BCUT2D eigenvalue weighted by Crippen LogP contribution is 2.34. The third-order valence-corrected chi connectivity index (χ3v) is 6.06. The summed E-state index contributed by atoms with van der Waals surface area (Å²) < 4.78 is 22.0. The fourth-order valence-corrected chi connectivity index (χ4v) is 3.95. The Morgan fingerprint density at radius 3 is 2.37 bits per heavy atom. The molecule has 0 saturated carbocycles. The number of carbonyl (C=O) groups excluding carboxylic acids is 1. The summed E-state index contributed by atoms with van der Waals surface area (Å²) in [6.07, 6.45) is -6.72. The first-order valence-electron chi connectivity index (χ1n) is 11.5. The van der Waals surface area contributed by atoms with Gasteiger partial charge in [-0.15, -0.1) is 5.10 Å². The van der Waals surface area contributed by atoms with Crippen LogP contribution in [0.2, 0.25) is 0 Å². The number of nitrogens with zero attached hydrogens (tertiary/aromatic N) is 2. The topological polar surface area (TPSA) is 153 Å². The van der Waals surface area contributed by atoms with Gasteiger partial charge in [0.25, 0.3) is 0 Å². The zero-order chi connectivity index (χ0) is 25.9. The van der Waals surface area contributed by atoms with Gasteiger partial charge in [0.05, 0.1) is 7.11 Å². The summed E-state index contributed by atoms with van der Waals surface area (Å²) in [5, 5.41) is 46.7. The Hall–Kier alpha value is -2.70. The van der Waals surface area contributed by atoms with E-state index in [1.807, 2.05) is 45.0 Å². The maximum absolute atomic E-state index is 11.3. The summed E-state index contributed by atoms with van der Waals surface area (Å²) >= 11 is 0. The van der Waals surface area contributed by atoms with Crippen molar-refractivity contribution < 1.29 is 44.2 Å². The fraction of sp³-hybridized carbons (Fsp3) is 0.583. The molecular formula is C24H34N2O9. The molecule has 1 aliphatic heterocycles. The minimum absolute atomic E-state index is 0.00598. The van der Waals surface area contributed by atoms with Crippen LogP contribution in [0.15, 0.2) is 24.3 Å². The molecule has 3 rings (SSSR count). The van der Waals surface area contributed by atoms with E-state index in [-0.39, 0.29) is 11.9 Å². The van der Waals surface area contributed by atoms with Gasteiger partial charge in [-0.3, -0.25) is 4.68 Å². The SMILES string of the molecule is CCc1ccc(Cc2c(O[C@@]3(O)O[C@H](COC(=O)OC)[C@@H](O)[C@H](O)[C@H]3O)nn(C(C)C)c2C)cc1. The second-order valence-corrected chi connectivity index (χ2v) is 8.83. The van der Waals surface area contributed by atoms with Crippen molar-refractivity contribution in [2.45, 2.75) is 77.0 Å². The van der Waals surface area contributed by atoms with Crippen LogP contribution in [0.4, 0.5) is 4.79 Å². The summed E-state index contributed by atoms with van der Waals surface area (Å²) in [6, 6.07) is 8.02. The van der Waals surface area contributed by atoms with Crippen LogP contribution in [0.25, 0.3) is 0 Å². The molecule has 1 aromatic carbocycles. The van der Waals surface area contributed by atoms with Crippen molar-refractivity contribution in [1.82, 2.24) is 9.78 Å². The number of aliphatic hydroxyl groups excluding tert-OH is 3. The number of hydrogen-bond donors (Lipinski definition) is 4. The van der Waals surface area contributed by atoms with Crippen molar-refractivity contribution in [1.29, 1.82) is 0 Å². The number of methoxy groups -OCH3 is 1. The second-order valence-electron chi connectivity index (χ2n) is 8.83. The van der Waals surface area contributed by atoms with E-state index in [0.717, 1.165) is 24.8 Å². The van der Waals surface area contributed by atoms with Crippen LogP contribution in [0, 0.1) is 6.92 Å². The van der Waals surface area contributed by atoms with E-state index in [9.17, 15) is 25.2 Å². The molecule has 2 heterocycles. The molecule has 0 amide bonds. The van der Waals surface area contributed by atoms with Crippen LogP contribution in [-0.4, -0.2) is 80.5 Å². The van der Waals surface area contributed by atoms with E-state index in [4.69, 9.17) is 14.2 Å². The number of carbonyl (C=O) groups is 1. The zero-order valence-electron chi connectivity index (χ0n) is 20.5. The van der Waals surface area contributed by atoms with Gasteiger partial charge < -0.3 is 39.4 Å². The number of aliphatic hydroxyl groups is 4. The quantitative estimate of drug-likeness (QED) is 0.311. The number of benzene rings is 1. The van der Waals surface area contributed by atoms with E-state index in [1.165, 1.54) is 5.56 Å². The molecule has 1 aromatic heterocycles. The first kappa shape index (κ1) is 26.9. The number of hydrogen-bond acceptors (Lipinski definition) is 10. The van der Waals surface area contributed by atoms with E-state index < -0.39 is 43.2 Å². The smallest absolute Gasteiger partial charge is 0.438 e.